The minimum absolute atomic E-state index is 0.181. The highest BCUT2D eigenvalue weighted by Crippen LogP contribution is 2.38. The van der Waals surface area contributed by atoms with Crippen LogP contribution in [0, 0.1) is 0 Å². The molecule has 0 spiro atoms. The summed E-state index contributed by atoms with van der Waals surface area (Å²) in [5.41, 5.74) is 3.14. The lowest BCUT2D eigenvalue weighted by Crippen LogP contribution is -2.31. The third kappa shape index (κ3) is 3.34. The number of hydrogen-bond donors (Lipinski definition) is 0. The van der Waals surface area contributed by atoms with Gasteiger partial charge in [-0.2, -0.15) is 0 Å². The first-order valence-corrected chi connectivity index (χ1v) is 9.07. The summed E-state index contributed by atoms with van der Waals surface area (Å²) in [5.74, 6) is 0.310. The number of para-hydroxylation sites is 3. The van der Waals surface area contributed by atoms with Crippen LogP contribution in [0.1, 0.15) is 12.0 Å². The Bertz CT molecular complexity index is 1000. The van der Waals surface area contributed by atoms with Crippen molar-refractivity contribution < 1.29 is 14.3 Å². The number of amides is 2. The van der Waals surface area contributed by atoms with E-state index in [9.17, 15) is 9.59 Å². The smallest absolute Gasteiger partial charge is 0.241 e. The van der Waals surface area contributed by atoms with Crippen molar-refractivity contribution in [3.63, 3.8) is 0 Å². The topological polar surface area (TPSA) is 49.9 Å². The van der Waals surface area contributed by atoms with Crippen molar-refractivity contribution >= 4 is 28.9 Å². The van der Waals surface area contributed by atoms with Gasteiger partial charge >= 0.3 is 0 Å². The normalized spacial score (nSPS) is 13.9. The zero-order valence-corrected chi connectivity index (χ0v) is 15.5. The molecule has 3 aromatic carbocycles. The summed E-state index contributed by atoms with van der Waals surface area (Å²) in [6.45, 7) is 0.385. The van der Waals surface area contributed by atoms with Crippen LogP contribution in [0.15, 0.2) is 78.9 Å². The Labute approximate surface area is 163 Å². The number of hydrogen-bond acceptors (Lipinski definition) is 3. The number of methoxy groups -OCH3 is 1. The van der Waals surface area contributed by atoms with Crippen LogP contribution in [0.25, 0.3) is 0 Å². The molecule has 0 saturated carbocycles. The number of rotatable bonds is 4. The van der Waals surface area contributed by atoms with E-state index in [1.165, 1.54) is 0 Å². The molecule has 0 atom stereocenters. The molecule has 1 aliphatic rings. The highest BCUT2D eigenvalue weighted by molar-refractivity contribution is 6.18. The highest BCUT2D eigenvalue weighted by Gasteiger charge is 2.32. The summed E-state index contributed by atoms with van der Waals surface area (Å²) < 4.78 is 5.20. The van der Waals surface area contributed by atoms with Gasteiger partial charge in [0, 0.05) is 5.69 Å². The van der Waals surface area contributed by atoms with Gasteiger partial charge in [-0.15, -0.1) is 0 Å². The maximum atomic E-state index is 12.9. The van der Waals surface area contributed by atoms with E-state index >= 15 is 0 Å². The summed E-state index contributed by atoms with van der Waals surface area (Å²) in [4.78, 5) is 29.2. The van der Waals surface area contributed by atoms with E-state index in [1.54, 1.807) is 16.9 Å². The van der Waals surface area contributed by atoms with Crippen LogP contribution in [-0.4, -0.2) is 18.9 Å². The maximum Gasteiger partial charge on any atom is 0.241 e. The lowest BCUT2D eigenvalue weighted by atomic mass is 10.1. The Morgan fingerprint density at radius 1 is 0.786 bits per heavy atom. The Hall–Kier alpha value is -3.60. The highest BCUT2D eigenvalue weighted by atomic mass is 16.5. The van der Waals surface area contributed by atoms with E-state index in [2.05, 4.69) is 0 Å². The monoisotopic (exact) mass is 372 g/mol. The molecule has 0 unspecified atom stereocenters. The first-order valence-electron chi connectivity index (χ1n) is 9.07. The lowest BCUT2D eigenvalue weighted by molar-refractivity contribution is -0.125. The quantitative estimate of drug-likeness (QED) is 0.642. The van der Waals surface area contributed by atoms with Crippen LogP contribution < -0.4 is 14.5 Å². The van der Waals surface area contributed by atoms with Crippen molar-refractivity contribution in [3.05, 3.63) is 84.4 Å². The average Bonchev–Trinajstić information content (AvgIpc) is 2.83. The molecule has 5 nitrogen and oxygen atoms in total. The van der Waals surface area contributed by atoms with E-state index in [0.29, 0.717) is 12.2 Å². The van der Waals surface area contributed by atoms with Gasteiger partial charge in [0.25, 0.3) is 0 Å². The number of benzene rings is 3. The van der Waals surface area contributed by atoms with Crippen LogP contribution >= 0.6 is 0 Å². The molecule has 0 saturated heterocycles. The molecule has 5 heteroatoms. The molecule has 2 amide bonds. The molecule has 0 fully saturated rings. The summed E-state index contributed by atoms with van der Waals surface area (Å²) >= 11 is 0. The van der Waals surface area contributed by atoms with E-state index in [-0.39, 0.29) is 18.2 Å². The SMILES string of the molecule is COc1ccc(CN2C(=O)CC(=O)N(c3ccccc3)c3ccccc32)cc1. The maximum absolute atomic E-state index is 12.9. The van der Waals surface area contributed by atoms with Crippen LogP contribution in [0.3, 0.4) is 0 Å². The first-order chi connectivity index (χ1) is 13.7. The van der Waals surface area contributed by atoms with Crippen molar-refractivity contribution in [3.8, 4) is 5.75 Å². The Balaban J connectivity index is 1.76. The molecule has 140 valence electrons. The predicted octanol–water partition coefficient (Wildman–Crippen LogP) is 4.30. The van der Waals surface area contributed by atoms with Crippen molar-refractivity contribution in [2.75, 3.05) is 16.9 Å². The van der Waals surface area contributed by atoms with E-state index in [1.807, 2.05) is 78.9 Å². The zero-order valence-electron chi connectivity index (χ0n) is 15.5. The van der Waals surface area contributed by atoms with Gasteiger partial charge in [-0.05, 0) is 42.0 Å². The average molecular weight is 372 g/mol. The van der Waals surface area contributed by atoms with Gasteiger partial charge in [0.2, 0.25) is 11.8 Å². The number of anilines is 3. The molecule has 0 aliphatic carbocycles. The molecule has 1 heterocycles. The standard InChI is InChI=1S/C23H20N2O3/c1-28-19-13-11-17(12-14-19)16-24-20-9-5-6-10-21(20)25(23(27)15-22(24)26)18-7-3-2-4-8-18/h2-14H,15-16H2,1H3. The second-order valence-corrected chi connectivity index (χ2v) is 6.56. The summed E-state index contributed by atoms with van der Waals surface area (Å²) in [6.07, 6.45) is -0.181. The third-order valence-electron chi connectivity index (χ3n) is 4.78. The molecule has 3 aromatic rings. The van der Waals surface area contributed by atoms with Crippen LogP contribution in [0.2, 0.25) is 0 Å². The Morgan fingerprint density at radius 3 is 2.11 bits per heavy atom. The minimum Gasteiger partial charge on any atom is -0.497 e. The second kappa shape index (κ2) is 7.56. The van der Waals surface area contributed by atoms with E-state index in [0.717, 1.165) is 22.7 Å². The van der Waals surface area contributed by atoms with Crippen molar-refractivity contribution in [2.45, 2.75) is 13.0 Å². The summed E-state index contributed by atoms with van der Waals surface area (Å²) in [6, 6.07) is 24.5. The summed E-state index contributed by atoms with van der Waals surface area (Å²) in [7, 11) is 1.62. The number of ether oxygens (including phenoxy) is 1. The van der Waals surface area contributed by atoms with E-state index in [4.69, 9.17) is 4.74 Å². The van der Waals surface area contributed by atoms with E-state index < -0.39 is 0 Å². The fraction of sp³-hybridized carbons (Fsp3) is 0.130. The molecule has 4 rings (SSSR count). The molecule has 0 bridgehead atoms. The Kier molecular flexibility index (Phi) is 4.81. The van der Waals surface area contributed by atoms with Gasteiger partial charge < -0.3 is 9.64 Å². The molecule has 0 aromatic heterocycles. The molecular weight excluding hydrogens is 352 g/mol. The van der Waals surface area contributed by atoms with Crippen LogP contribution in [0.4, 0.5) is 17.1 Å². The number of fused-ring (bicyclic) bond motifs is 1. The third-order valence-corrected chi connectivity index (χ3v) is 4.78. The molecular formula is C23H20N2O3. The fourth-order valence-electron chi connectivity index (χ4n) is 3.40. The number of carbonyl (C=O) groups is 2. The zero-order chi connectivity index (χ0) is 19.5. The van der Waals surface area contributed by atoms with Crippen molar-refractivity contribution in [1.82, 2.24) is 0 Å². The van der Waals surface area contributed by atoms with Gasteiger partial charge in [0.1, 0.15) is 12.2 Å². The predicted molar refractivity (Wildman–Crippen MR) is 109 cm³/mol. The fourth-order valence-corrected chi connectivity index (χ4v) is 3.40. The van der Waals surface area contributed by atoms with Gasteiger partial charge in [-0.1, -0.05) is 42.5 Å². The van der Waals surface area contributed by atoms with Crippen molar-refractivity contribution in [2.24, 2.45) is 0 Å². The van der Waals surface area contributed by atoms with Gasteiger partial charge in [-0.3, -0.25) is 14.5 Å². The molecule has 28 heavy (non-hydrogen) atoms. The Morgan fingerprint density at radius 2 is 1.43 bits per heavy atom. The number of carbonyl (C=O) groups excluding carboxylic acids is 2. The minimum atomic E-state index is -0.235. The van der Waals surface area contributed by atoms with Crippen LogP contribution in [0.5, 0.6) is 5.75 Å². The van der Waals surface area contributed by atoms with Crippen molar-refractivity contribution in [1.29, 1.82) is 0 Å². The van der Waals surface area contributed by atoms with Gasteiger partial charge in [0.15, 0.2) is 0 Å². The summed E-state index contributed by atoms with van der Waals surface area (Å²) in [5, 5.41) is 0. The molecule has 0 N–H and O–H groups in total. The lowest BCUT2D eigenvalue weighted by Gasteiger charge is -2.25. The van der Waals surface area contributed by atoms with Crippen LogP contribution in [-0.2, 0) is 16.1 Å². The number of nitrogens with zero attached hydrogens (tertiary/aromatic N) is 2. The second-order valence-electron chi connectivity index (χ2n) is 6.56. The molecule has 0 radical (unpaired) electrons. The molecule has 1 aliphatic heterocycles. The first kappa shape index (κ1) is 17.8. The largest absolute Gasteiger partial charge is 0.497 e. The van der Waals surface area contributed by atoms with Gasteiger partial charge in [-0.25, -0.2) is 0 Å². The van der Waals surface area contributed by atoms with Gasteiger partial charge in [0.05, 0.1) is 25.0 Å².